The molecule has 1 N–H and O–H groups in total. The van der Waals surface area contributed by atoms with Crippen molar-refractivity contribution >= 4 is 17.2 Å². The highest BCUT2D eigenvalue weighted by Crippen LogP contribution is 2.22. The number of phenols is 1. The van der Waals surface area contributed by atoms with Crippen LogP contribution in [0.25, 0.3) is 0 Å². The van der Waals surface area contributed by atoms with Gasteiger partial charge in [-0.2, -0.15) is 0 Å². The Morgan fingerprint density at radius 2 is 2.05 bits per heavy atom. The van der Waals surface area contributed by atoms with E-state index in [1.54, 1.807) is 41.5 Å². The largest absolute Gasteiger partial charge is 0.507 e. The summed E-state index contributed by atoms with van der Waals surface area (Å²) in [5, 5.41) is 11.8. The summed E-state index contributed by atoms with van der Waals surface area (Å²) in [4.78, 5) is 15.1. The number of amides is 1. The van der Waals surface area contributed by atoms with E-state index in [4.69, 9.17) is 0 Å². The Balaban J connectivity index is 2.19. The molecule has 0 spiro atoms. The molecule has 3 nitrogen and oxygen atoms in total. The molecule has 0 fully saturated rings. The maximum absolute atomic E-state index is 12.3. The summed E-state index contributed by atoms with van der Waals surface area (Å²) in [5.41, 5.74) is 2.51. The molecule has 1 amide bonds. The summed E-state index contributed by atoms with van der Waals surface area (Å²) in [7, 11) is 1.75. The normalized spacial score (nSPS) is 10.5. The predicted octanol–water partition coefficient (Wildman–Crippen LogP) is 3.34. The first-order valence-electron chi connectivity index (χ1n) is 6.07. The van der Waals surface area contributed by atoms with E-state index in [1.807, 2.05) is 25.3 Å². The van der Waals surface area contributed by atoms with Gasteiger partial charge < -0.3 is 10.0 Å². The topological polar surface area (TPSA) is 40.5 Å². The Bertz CT molecular complexity index is 604. The minimum absolute atomic E-state index is 0.0327. The maximum atomic E-state index is 12.3. The van der Waals surface area contributed by atoms with Crippen molar-refractivity contribution in [1.29, 1.82) is 0 Å². The molecule has 0 saturated heterocycles. The number of hydrogen-bond acceptors (Lipinski definition) is 3. The van der Waals surface area contributed by atoms with E-state index in [0.717, 1.165) is 5.56 Å². The number of benzene rings is 1. The fourth-order valence-corrected chi connectivity index (χ4v) is 2.84. The molecule has 0 unspecified atom stereocenters. The number of nitrogens with zero attached hydrogens (tertiary/aromatic N) is 1. The SMILES string of the molecule is Cc1ccc(O)c(C(=O)N(C)Cc2sccc2C)c1. The lowest BCUT2D eigenvalue weighted by atomic mass is 10.1. The average Bonchev–Trinajstić information content (AvgIpc) is 2.77. The van der Waals surface area contributed by atoms with Gasteiger partial charge in [-0.15, -0.1) is 11.3 Å². The Morgan fingerprint density at radius 3 is 2.68 bits per heavy atom. The molecular formula is C15H17NO2S. The monoisotopic (exact) mass is 275 g/mol. The van der Waals surface area contributed by atoms with E-state index < -0.39 is 0 Å². The number of carbonyl (C=O) groups excluding carboxylic acids is 1. The third kappa shape index (κ3) is 2.96. The van der Waals surface area contributed by atoms with Crippen molar-refractivity contribution in [3.05, 3.63) is 51.2 Å². The van der Waals surface area contributed by atoms with Crippen molar-refractivity contribution in [2.75, 3.05) is 7.05 Å². The van der Waals surface area contributed by atoms with Crippen LogP contribution in [0.15, 0.2) is 29.6 Å². The molecule has 2 rings (SSSR count). The highest BCUT2D eigenvalue weighted by molar-refractivity contribution is 7.10. The number of rotatable bonds is 3. The fraction of sp³-hybridized carbons (Fsp3) is 0.267. The Kier molecular flexibility index (Phi) is 3.90. The average molecular weight is 275 g/mol. The molecule has 100 valence electrons. The highest BCUT2D eigenvalue weighted by atomic mass is 32.1. The van der Waals surface area contributed by atoms with Gasteiger partial charge in [-0.05, 0) is 43.0 Å². The van der Waals surface area contributed by atoms with Gasteiger partial charge >= 0.3 is 0 Å². The second-order valence-corrected chi connectivity index (χ2v) is 5.71. The van der Waals surface area contributed by atoms with Crippen LogP contribution < -0.4 is 0 Å². The second-order valence-electron chi connectivity index (χ2n) is 4.71. The van der Waals surface area contributed by atoms with Crippen molar-refractivity contribution in [2.24, 2.45) is 0 Å². The molecule has 0 aliphatic heterocycles. The molecule has 2 aromatic rings. The molecule has 0 bridgehead atoms. The zero-order valence-corrected chi connectivity index (χ0v) is 12.1. The minimum atomic E-state index is -0.158. The van der Waals surface area contributed by atoms with E-state index in [0.29, 0.717) is 12.1 Å². The molecule has 1 heterocycles. The lowest BCUT2D eigenvalue weighted by Crippen LogP contribution is -2.26. The van der Waals surface area contributed by atoms with E-state index in [9.17, 15) is 9.90 Å². The van der Waals surface area contributed by atoms with Crippen LogP contribution in [-0.4, -0.2) is 23.0 Å². The standard InChI is InChI=1S/C15H17NO2S/c1-10-4-5-13(17)12(8-10)15(18)16(3)9-14-11(2)6-7-19-14/h4-8,17H,9H2,1-3H3. The second kappa shape index (κ2) is 5.45. The van der Waals surface area contributed by atoms with Crippen LogP contribution in [0.4, 0.5) is 0 Å². The van der Waals surface area contributed by atoms with Crippen LogP contribution in [0, 0.1) is 13.8 Å². The number of thiophene rings is 1. The number of carbonyl (C=O) groups is 1. The van der Waals surface area contributed by atoms with Gasteiger partial charge in [0.2, 0.25) is 0 Å². The molecule has 0 atom stereocenters. The van der Waals surface area contributed by atoms with Gasteiger partial charge in [0.1, 0.15) is 5.75 Å². The molecular weight excluding hydrogens is 258 g/mol. The van der Waals surface area contributed by atoms with Gasteiger partial charge in [0.15, 0.2) is 0 Å². The van der Waals surface area contributed by atoms with E-state index in [-0.39, 0.29) is 11.7 Å². The van der Waals surface area contributed by atoms with E-state index in [2.05, 4.69) is 0 Å². The smallest absolute Gasteiger partial charge is 0.257 e. The molecule has 0 aliphatic rings. The van der Waals surface area contributed by atoms with Crippen molar-refractivity contribution < 1.29 is 9.90 Å². The number of phenolic OH excluding ortho intramolecular Hbond substituents is 1. The molecule has 0 aliphatic carbocycles. The van der Waals surface area contributed by atoms with Crippen molar-refractivity contribution in [2.45, 2.75) is 20.4 Å². The van der Waals surface area contributed by atoms with Gasteiger partial charge in [0.25, 0.3) is 5.91 Å². The van der Waals surface area contributed by atoms with Crippen LogP contribution in [0.3, 0.4) is 0 Å². The molecule has 0 saturated carbocycles. The van der Waals surface area contributed by atoms with Crippen molar-refractivity contribution in [1.82, 2.24) is 4.90 Å². The molecule has 19 heavy (non-hydrogen) atoms. The first-order chi connectivity index (χ1) is 8.99. The third-order valence-electron chi connectivity index (χ3n) is 3.08. The van der Waals surface area contributed by atoms with Gasteiger partial charge in [-0.1, -0.05) is 11.6 Å². The minimum Gasteiger partial charge on any atom is -0.507 e. The predicted molar refractivity (Wildman–Crippen MR) is 77.7 cm³/mol. The fourth-order valence-electron chi connectivity index (χ4n) is 1.88. The quantitative estimate of drug-likeness (QED) is 0.933. The zero-order chi connectivity index (χ0) is 14.0. The van der Waals surface area contributed by atoms with E-state index >= 15 is 0 Å². The van der Waals surface area contributed by atoms with Gasteiger partial charge in [-0.25, -0.2) is 0 Å². The molecule has 1 aromatic carbocycles. The molecule has 0 radical (unpaired) electrons. The lowest BCUT2D eigenvalue weighted by Gasteiger charge is -2.18. The first kappa shape index (κ1) is 13.6. The van der Waals surface area contributed by atoms with Crippen LogP contribution in [0.1, 0.15) is 26.4 Å². The van der Waals surface area contributed by atoms with Crippen molar-refractivity contribution in [3.63, 3.8) is 0 Å². The summed E-state index contributed by atoms with van der Waals surface area (Å²) in [6.07, 6.45) is 0. The Hall–Kier alpha value is -1.81. The van der Waals surface area contributed by atoms with Gasteiger partial charge in [0.05, 0.1) is 12.1 Å². The number of aromatic hydroxyl groups is 1. The van der Waals surface area contributed by atoms with Gasteiger partial charge in [-0.3, -0.25) is 4.79 Å². The van der Waals surface area contributed by atoms with Crippen LogP contribution >= 0.6 is 11.3 Å². The number of hydrogen-bond donors (Lipinski definition) is 1. The molecule has 1 aromatic heterocycles. The molecule has 4 heteroatoms. The van der Waals surface area contributed by atoms with Crippen LogP contribution in [0.2, 0.25) is 0 Å². The number of aryl methyl sites for hydroxylation is 2. The first-order valence-corrected chi connectivity index (χ1v) is 6.95. The summed E-state index contributed by atoms with van der Waals surface area (Å²) in [6, 6.07) is 7.11. The Labute approximate surface area is 117 Å². The summed E-state index contributed by atoms with van der Waals surface area (Å²) >= 11 is 1.64. The summed E-state index contributed by atoms with van der Waals surface area (Å²) in [5.74, 6) is -0.126. The van der Waals surface area contributed by atoms with Gasteiger partial charge in [0, 0.05) is 11.9 Å². The summed E-state index contributed by atoms with van der Waals surface area (Å²) in [6.45, 7) is 4.50. The zero-order valence-electron chi connectivity index (χ0n) is 11.3. The third-order valence-corrected chi connectivity index (χ3v) is 4.09. The van der Waals surface area contributed by atoms with Crippen LogP contribution in [-0.2, 0) is 6.54 Å². The maximum Gasteiger partial charge on any atom is 0.257 e. The lowest BCUT2D eigenvalue weighted by molar-refractivity contribution is 0.0783. The van der Waals surface area contributed by atoms with Crippen LogP contribution in [0.5, 0.6) is 5.75 Å². The van der Waals surface area contributed by atoms with Crippen molar-refractivity contribution in [3.8, 4) is 5.75 Å². The summed E-state index contributed by atoms with van der Waals surface area (Å²) < 4.78 is 0. The van der Waals surface area contributed by atoms with E-state index in [1.165, 1.54) is 10.4 Å². The Morgan fingerprint density at radius 1 is 1.32 bits per heavy atom. The highest BCUT2D eigenvalue weighted by Gasteiger charge is 2.17.